The van der Waals surface area contributed by atoms with E-state index in [9.17, 15) is 4.79 Å². The van der Waals surface area contributed by atoms with Gasteiger partial charge in [0.25, 0.3) is 5.91 Å². The summed E-state index contributed by atoms with van der Waals surface area (Å²) in [5.41, 5.74) is 5.12. The van der Waals surface area contributed by atoms with E-state index in [0.29, 0.717) is 28.9 Å². The zero-order valence-electron chi connectivity index (χ0n) is 17.6. The maximum absolute atomic E-state index is 13.1. The summed E-state index contributed by atoms with van der Waals surface area (Å²) in [5, 5.41) is 10.4. The molecule has 0 fully saturated rings. The number of rotatable bonds is 5. The second kappa shape index (κ2) is 7.99. The van der Waals surface area contributed by atoms with Crippen molar-refractivity contribution in [2.24, 2.45) is 0 Å². The molecule has 0 saturated heterocycles. The summed E-state index contributed by atoms with van der Waals surface area (Å²) in [5.74, 6) is 1.09. The molecule has 0 aliphatic rings. The van der Waals surface area contributed by atoms with Crippen LogP contribution in [-0.4, -0.2) is 25.7 Å². The first-order valence-corrected chi connectivity index (χ1v) is 10.0. The van der Waals surface area contributed by atoms with Crippen LogP contribution in [0.5, 0.6) is 0 Å². The number of benzene rings is 2. The number of hydrogen-bond donors (Lipinski definition) is 2. The number of anilines is 1. The summed E-state index contributed by atoms with van der Waals surface area (Å²) in [6.45, 7) is 8.24. The molecule has 0 aliphatic carbocycles. The van der Waals surface area contributed by atoms with E-state index in [1.54, 1.807) is 0 Å². The Morgan fingerprint density at radius 1 is 1.03 bits per heavy atom. The molecule has 0 atom stereocenters. The summed E-state index contributed by atoms with van der Waals surface area (Å²) in [6, 6.07) is 19.6. The minimum Gasteiger partial charge on any atom is -0.346 e. The summed E-state index contributed by atoms with van der Waals surface area (Å²) in [7, 11) is 0. The van der Waals surface area contributed by atoms with Crippen molar-refractivity contribution in [3.63, 3.8) is 0 Å². The molecule has 152 valence electrons. The van der Waals surface area contributed by atoms with E-state index in [0.717, 1.165) is 22.5 Å². The lowest BCUT2D eigenvalue weighted by atomic mass is 10.1. The van der Waals surface area contributed by atoms with Crippen molar-refractivity contribution in [2.75, 3.05) is 5.32 Å². The third kappa shape index (κ3) is 3.64. The molecule has 0 spiro atoms. The smallest absolute Gasteiger partial charge is 0.257 e. The van der Waals surface area contributed by atoms with Crippen LogP contribution in [0.4, 0.5) is 5.69 Å². The quantitative estimate of drug-likeness (QED) is 0.472. The molecular formula is C24H25N5O. The maximum atomic E-state index is 13.1. The Bertz CT molecular complexity index is 1190. The largest absolute Gasteiger partial charge is 0.346 e. The van der Waals surface area contributed by atoms with Crippen molar-refractivity contribution < 1.29 is 4.79 Å². The zero-order chi connectivity index (χ0) is 21.3. The highest BCUT2D eigenvalue weighted by Gasteiger charge is 2.19. The number of para-hydroxylation sites is 1. The van der Waals surface area contributed by atoms with E-state index in [4.69, 9.17) is 0 Å². The number of aromatic amines is 1. The minimum absolute atomic E-state index is 0.134. The Morgan fingerprint density at radius 3 is 2.43 bits per heavy atom. The van der Waals surface area contributed by atoms with Gasteiger partial charge < -0.3 is 9.88 Å². The van der Waals surface area contributed by atoms with Crippen LogP contribution in [0.15, 0.2) is 60.7 Å². The normalized spacial score (nSPS) is 11.1. The first-order chi connectivity index (χ1) is 14.5. The third-order valence-corrected chi connectivity index (χ3v) is 5.19. The number of nitrogens with zero attached hydrogens (tertiary/aromatic N) is 3. The van der Waals surface area contributed by atoms with Crippen molar-refractivity contribution in [3.05, 3.63) is 77.6 Å². The molecule has 4 aromatic rings. The van der Waals surface area contributed by atoms with Gasteiger partial charge in [-0.05, 0) is 45.9 Å². The first-order valence-electron chi connectivity index (χ1n) is 10.0. The highest BCUT2D eigenvalue weighted by atomic mass is 16.1. The number of aryl methyl sites for hydroxylation is 1. The topological polar surface area (TPSA) is 75.6 Å². The van der Waals surface area contributed by atoms with Crippen molar-refractivity contribution in [1.82, 2.24) is 19.7 Å². The van der Waals surface area contributed by atoms with Gasteiger partial charge in [0.2, 0.25) is 0 Å². The lowest BCUT2D eigenvalue weighted by Gasteiger charge is -2.14. The molecule has 4 rings (SSSR count). The molecule has 6 heteroatoms. The summed E-state index contributed by atoms with van der Waals surface area (Å²) in [4.78, 5) is 17.7. The predicted molar refractivity (Wildman–Crippen MR) is 119 cm³/mol. The Balaban J connectivity index is 1.65. The highest BCUT2D eigenvalue weighted by Crippen LogP contribution is 2.28. The number of hydrogen-bond acceptors (Lipinski definition) is 3. The number of carbonyl (C=O) groups is 1. The van der Waals surface area contributed by atoms with Gasteiger partial charge >= 0.3 is 0 Å². The van der Waals surface area contributed by atoms with Gasteiger partial charge in [0.15, 0.2) is 11.6 Å². The van der Waals surface area contributed by atoms with Crippen LogP contribution < -0.4 is 5.32 Å². The molecule has 2 heterocycles. The number of H-pyrrole nitrogens is 1. The SMILES string of the molecule is Cc1cc(C(=O)Nc2ccccc2-c2nc(-c3ccccc3)n[nH]2)c(C)n1C(C)C. The average molecular weight is 399 g/mol. The zero-order valence-corrected chi connectivity index (χ0v) is 17.6. The van der Waals surface area contributed by atoms with Crippen LogP contribution in [0.25, 0.3) is 22.8 Å². The number of aromatic nitrogens is 4. The number of amides is 1. The molecule has 6 nitrogen and oxygen atoms in total. The van der Waals surface area contributed by atoms with Crippen LogP contribution in [0.3, 0.4) is 0 Å². The van der Waals surface area contributed by atoms with Gasteiger partial charge in [-0.25, -0.2) is 4.98 Å². The van der Waals surface area contributed by atoms with Gasteiger partial charge in [-0.1, -0.05) is 42.5 Å². The van der Waals surface area contributed by atoms with E-state index in [2.05, 4.69) is 38.9 Å². The maximum Gasteiger partial charge on any atom is 0.257 e. The second-order valence-electron chi connectivity index (χ2n) is 7.62. The Morgan fingerprint density at radius 2 is 1.73 bits per heavy atom. The van der Waals surface area contributed by atoms with E-state index < -0.39 is 0 Å². The number of nitrogens with one attached hydrogen (secondary N) is 2. The molecule has 0 aliphatic heterocycles. The fourth-order valence-corrected chi connectivity index (χ4v) is 3.89. The standard InChI is InChI=1S/C24H25N5O/c1-15(2)29-16(3)14-20(17(29)4)24(30)25-21-13-9-8-12-19(21)23-26-22(27-28-23)18-10-6-5-7-11-18/h5-15H,1-4H3,(H,25,30)(H,26,27,28). The van der Waals surface area contributed by atoms with Crippen LogP contribution in [-0.2, 0) is 0 Å². The summed E-state index contributed by atoms with van der Waals surface area (Å²) >= 11 is 0. The Labute approximate surface area is 176 Å². The summed E-state index contributed by atoms with van der Waals surface area (Å²) < 4.78 is 2.17. The van der Waals surface area contributed by atoms with E-state index >= 15 is 0 Å². The molecule has 2 aromatic heterocycles. The monoisotopic (exact) mass is 399 g/mol. The molecule has 0 saturated carbocycles. The van der Waals surface area contributed by atoms with E-state index in [1.807, 2.05) is 74.5 Å². The van der Waals surface area contributed by atoms with Gasteiger partial charge in [0.1, 0.15) is 0 Å². The average Bonchev–Trinajstić information content (AvgIpc) is 3.33. The third-order valence-electron chi connectivity index (χ3n) is 5.19. The highest BCUT2D eigenvalue weighted by molar-refractivity contribution is 6.07. The van der Waals surface area contributed by atoms with Crippen molar-refractivity contribution in [3.8, 4) is 22.8 Å². The van der Waals surface area contributed by atoms with Crippen LogP contribution >= 0.6 is 0 Å². The fraction of sp³-hybridized carbons (Fsp3) is 0.208. The van der Waals surface area contributed by atoms with Gasteiger partial charge in [0, 0.05) is 28.6 Å². The van der Waals surface area contributed by atoms with Crippen molar-refractivity contribution in [2.45, 2.75) is 33.7 Å². The Kier molecular flexibility index (Phi) is 5.23. The molecule has 30 heavy (non-hydrogen) atoms. The van der Waals surface area contributed by atoms with Gasteiger partial charge in [0.05, 0.1) is 11.3 Å². The first kappa shape index (κ1) is 19.6. The predicted octanol–water partition coefficient (Wildman–Crippen LogP) is 5.39. The van der Waals surface area contributed by atoms with Gasteiger partial charge in [-0.15, -0.1) is 0 Å². The number of carbonyl (C=O) groups excluding carboxylic acids is 1. The second-order valence-corrected chi connectivity index (χ2v) is 7.62. The summed E-state index contributed by atoms with van der Waals surface area (Å²) in [6.07, 6.45) is 0. The minimum atomic E-state index is -0.134. The van der Waals surface area contributed by atoms with Crippen LogP contribution in [0.1, 0.15) is 41.6 Å². The molecule has 2 aromatic carbocycles. The van der Waals surface area contributed by atoms with Crippen LogP contribution in [0, 0.1) is 13.8 Å². The van der Waals surface area contributed by atoms with Crippen LogP contribution in [0.2, 0.25) is 0 Å². The molecule has 1 amide bonds. The fourth-order valence-electron chi connectivity index (χ4n) is 3.89. The van der Waals surface area contributed by atoms with E-state index in [-0.39, 0.29) is 5.91 Å². The lowest BCUT2D eigenvalue weighted by molar-refractivity contribution is 0.102. The van der Waals surface area contributed by atoms with Crippen molar-refractivity contribution >= 4 is 11.6 Å². The Hall–Kier alpha value is -3.67. The lowest BCUT2D eigenvalue weighted by Crippen LogP contribution is -2.14. The van der Waals surface area contributed by atoms with E-state index in [1.165, 1.54) is 0 Å². The van der Waals surface area contributed by atoms with Gasteiger partial charge in [-0.3, -0.25) is 9.89 Å². The molecular weight excluding hydrogens is 374 g/mol. The molecule has 0 bridgehead atoms. The van der Waals surface area contributed by atoms with Gasteiger partial charge in [-0.2, -0.15) is 5.10 Å². The molecule has 2 N–H and O–H groups in total. The van der Waals surface area contributed by atoms with Crippen molar-refractivity contribution in [1.29, 1.82) is 0 Å². The molecule has 0 unspecified atom stereocenters. The molecule has 0 radical (unpaired) electrons.